The quantitative estimate of drug-likeness (QED) is 0.157. The number of anilines is 1. The second-order valence-electron chi connectivity index (χ2n) is 14.3. The number of aliphatic hydroxyl groups is 1. The minimum atomic E-state index is -2.22. The maximum absolute atomic E-state index is 13.1. The van der Waals surface area contributed by atoms with E-state index in [2.05, 4.69) is 53.1 Å². The first-order valence-electron chi connectivity index (χ1n) is 17.8. The Labute approximate surface area is 296 Å². The standard InChI is InChI=1S/C39H51N5O5Si/c1-26-37(48-3)32-22-29(41-39(46)28-12-9-20-40-23-28)13-18-35(32)49-38(26)36(50(4,5)31-16-14-30(47-2)15-17-31)19-21-44-24-34(42-43-44)33(25-45)27-10-7-6-8-11-27/h6-8,10-11,13-18,22,24,26,28,33,36-38,40,45H,9,12,19-21,23,25H2,1-5H3,(H,41,46)/t26-,28?,33?,36?,37-,38-/m1/s1. The summed E-state index contributed by atoms with van der Waals surface area (Å²) in [6.45, 7) is 9.31. The molecule has 1 fully saturated rings. The molecular weight excluding hydrogens is 647 g/mol. The maximum Gasteiger partial charge on any atom is 0.228 e. The summed E-state index contributed by atoms with van der Waals surface area (Å²) in [4.78, 5) is 13.1. The largest absolute Gasteiger partial charge is 0.497 e. The van der Waals surface area contributed by atoms with Gasteiger partial charge in [-0.2, -0.15) is 0 Å². The number of nitrogens with one attached hydrogen (secondary N) is 2. The van der Waals surface area contributed by atoms with Crippen LogP contribution in [0.1, 0.15) is 55.0 Å². The number of aromatic nitrogens is 3. The summed E-state index contributed by atoms with van der Waals surface area (Å²) in [7, 11) is 1.23. The predicted octanol–water partition coefficient (Wildman–Crippen LogP) is 5.51. The summed E-state index contributed by atoms with van der Waals surface area (Å²) in [6, 6.07) is 24.4. The summed E-state index contributed by atoms with van der Waals surface area (Å²) in [6.07, 6.45) is 4.33. The highest BCUT2D eigenvalue weighted by Gasteiger charge is 2.47. The smallest absolute Gasteiger partial charge is 0.228 e. The number of nitrogens with zero attached hydrogens (tertiary/aromatic N) is 3. The van der Waals surface area contributed by atoms with E-state index in [9.17, 15) is 9.90 Å². The third kappa shape index (κ3) is 7.66. The van der Waals surface area contributed by atoms with Gasteiger partial charge in [-0.15, -0.1) is 5.10 Å². The van der Waals surface area contributed by atoms with Crippen molar-refractivity contribution in [1.29, 1.82) is 0 Å². The van der Waals surface area contributed by atoms with Crippen LogP contribution in [0.5, 0.6) is 11.5 Å². The van der Waals surface area contributed by atoms with E-state index in [1.807, 2.05) is 71.5 Å². The number of rotatable bonds is 13. The number of methoxy groups -OCH3 is 2. The van der Waals surface area contributed by atoms with Crippen molar-refractivity contribution in [2.24, 2.45) is 11.8 Å². The molecule has 50 heavy (non-hydrogen) atoms. The molecule has 4 aromatic rings. The number of aryl methyl sites for hydroxylation is 1. The Morgan fingerprint density at radius 1 is 1.12 bits per heavy atom. The van der Waals surface area contributed by atoms with Gasteiger partial charge >= 0.3 is 0 Å². The predicted molar refractivity (Wildman–Crippen MR) is 198 cm³/mol. The number of carbonyl (C=O) groups excluding carboxylic acids is 1. The van der Waals surface area contributed by atoms with E-state index in [0.29, 0.717) is 13.1 Å². The number of aliphatic hydroxyl groups excluding tert-OH is 1. The van der Waals surface area contributed by atoms with E-state index in [0.717, 1.165) is 59.8 Å². The lowest BCUT2D eigenvalue weighted by Crippen LogP contribution is -2.54. The average Bonchev–Trinajstić information content (AvgIpc) is 3.61. The Morgan fingerprint density at radius 2 is 1.90 bits per heavy atom. The second-order valence-corrected chi connectivity index (χ2v) is 19.0. The Bertz CT molecular complexity index is 1710. The zero-order chi connectivity index (χ0) is 35.3. The number of hydrogen-bond acceptors (Lipinski definition) is 8. The molecule has 6 rings (SSSR count). The van der Waals surface area contributed by atoms with Gasteiger partial charge in [-0.1, -0.05) is 72.9 Å². The lowest BCUT2D eigenvalue weighted by molar-refractivity contribution is -0.120. The first kappa shape index (κ1) is 35.8. The number of benzene rings is 3. The van der Waals surface area contributed by atoms with Crippen LogP contribution in [0.2, 0.25) is 18.6 Å². The van der Waals surface area contributed by atoms with Crippen molar-refractivity contribution in [3.05, 3.63) is 95.8 Å². The monoisotopic (exact) mass is 697 g/mol. The molecule has 266 valence electrons. The van der Waals surface area contributed by atoms with Crippen molar-refractivity contribution < 1.29 is 24.1 Å². The molecule has 0 spiro atoms. The minimum absolute atomic E-state index is 0.0270. The van der Waals surface area contributed by atoms with Gasteiger partial charge in [0, 0.05) is 43.6 Å². The van der Waals surface area contributed by atoms with Crippen molar-refractivity contribution in [1.82, 2.24) is 20.3 Å². The molecule has 3 heterocycles. The molecular formula is C39H51N5O5Si. The molecule has 0 bridgehead atoms. The number of carbonyl (C=O) groups is 1. The van der Waals surface area contributed by atoms with Crippen LogP contribution in [0, 0.1) is 11.8 Å². The molecule has 0 saturated carbocycles. The van der Waals surface area contributed by atoms with Crippen LogP contribution in [-0.2, 0) is 16.1 Å². The number of ether oxygens (including phenoxy) is 3. The van der Waals surface area contributed by atoms with Crippen molar-refractivity contribution >= 4 is 24.9 Å². The van der Waals surface area contributed by atoms with Gasteiger partial charge in [0.2, 0.25) is 5.91 Å². The third-order valence-electron chi connectivity index (χ3n) is 10.9. The first-order chi connectivity index (χ1) is 24.2. The molecule has 1 aromatic heterocycles. The average molecular weight is 698 g/mol. The Morgan fingerprint density at radius 3 is 2.58 bits per heavy atom. The first-order valence-corrected chi connectivity index (χ1v) is 20.9. The molecule has 0 aliphatic carbocycles. The molecule has 0 radical (unpaired) electrons. The van der Waals surface area contributed by atoms with Gasteiger partial charge < -0.3 is 30.0 Å². The van der Waals surface area contributed by atoms with Gasteiger partial charge in [0.1, 0.15) is 17.6 Å². The van der Waals surface area contributed by atoms with Gasteiger partial charge in [-0.05, 0) is 67.2 Å². The Kier molecular flexibility index (Phi) is 11.4. The highest BCUT2D eigenvalue weighted by atomic mass is 28.3. The molecule has 2 aliphatic rings. The molecule has 2 aliphatic heterocycles. The highest BCUT2D eigenvalue weighted by molar-refractivity contribution is 6.91. The van der Waals surface area contributed by atoms with Gasteiger partial charge in [0.15, 0.2) is 0 Å². The number of fused-ring (bicyclic) bond motifs is 1. The third-order valence-corrected chi connectivity index (χ3v) is 15.2. The van der Waals surface area contributed by atoms with Crippen LogP contribution >= 0.6 is 0 Å². The van der Waals surface area contributed by atoms with E-state index < -0.39 is 8.07 Å². The van der Waals surface area contributed by atoms with Crippen LogP contribution < -0.4 is 25.3 Å². The maximum atomic E-state index is 13.1. The van der Waals surface area contributed by atoms with Crippen LogP contribution in [0.15, 0.2) is 79.0 Å². The summed E-state index contributed by atoms with van der Waals surface area (Å²) in [5.74, 6) is 1.43. The normalized spacial score (nSPS) is 21.8. The number of piperidine rings is 1. The minimum Gasteiger partial charge on any atom is -0.497 e. The van der Waals surface area contributed by atoms with E-state index in [1.165, 1.54) is 5.19 Å². The van der Waals surface area contributed by atoms with Gasteiger partial charge in [-0.25, -0.2) is 0 Å². The van der Waals surface area contributed by atoms with Gasteiger partial charge in [-0.3, -0.25) is 9.48 Å². The molecule has 3 N–H and O–H groups in total. The van der Waals surface area contributed by atoms with Crippen LogP contribution in [0.3, 0.4) is 0 Å². The van der Waals surface area contributed by atoms with Gasteiger partial charge in [0.25, 0.3) is 0 Å². The van der Waals surface area contributed by atoms with Crippen LogP contribution in [0.4, 0.5) is 5.69 Å². The second kappa shape index (κ2) is 15.9. The molecule has 1 amide bonds. The van der Waals surface area contributed by atoms with Crippen molar-refractivity contribution in [2.75, 3.05) is 39.2 Å². The van der Waals surface area contributed by atoms with Crippen molar-refractivity contribution in [3.63, 3.8) is 0 Å². The van der Waals surface area contributed by atoms with E-state index in [4.69, 9.17) is 14.2 Å². The molecule has 3 aromatic carbocycles. The van der Waals surface area contributed by atoms with E-state index in [-0.39, 0.29) is 48.0 Å². The zero-order valence-corrected chi connectivity index (χ0v) is 30.8. The van der Waals surface area contributed by atoms with Crippen molar-refractivity contribution in [2.45, 2.75) is 69.5 Å². The Hall–Kier alpha value is -4.03. The molecule has 1 saturated heterocycles. The van der Waals surface area contributed by atoms with E-state index in [1.54, 1.807) is 14.2 Å². The summed E-state index contributed by atoms with van der Waals surface area (Å²) in [5.41, 5.74) is 3.65. The molecule has 3 unspecified atom stereocenters. The summed E-state index contributed by atoms with van der Waals surface area (Å²) >= 11 is 0. The Balaban J connectivity index is 1.28. The summed E-state index contributed by atoms with van der Waals surface area (Å²) < 4.78 is 20.6. The van der Waals surface area contributed by atoms with Crippen LogP contribution in [0.25, 0.3) is 0 Å². The summed E-state index contributed by atoms with van der Waals surface area (Å²) in [5, 5.41) is 27.0. The number of amides is 1. The SMILES string of the molecule is COc1ccc([Si](C)(C)C(CCn2cc(C(CO)c3ccccc3)nn2)[C@@H]2Oc3ccc(NC(=O)C4CCCNC4)cc3[C@H](OC)[C@H]2C)cc1. The molecule has 6 atom stereocenters. The topological polar surface area (TPSA) is 120 Å². The van der Waals surface area contributed by atoms with Gasteiger partial charge in [0.05, 0.1) is 45.4 Å². The molecule has 11 heteroatoms. The fraction of sp³-hybridized carbons (Fsp3) is 0.462. The zero-order valence-electron chi connectivity index (χ0n) is 29.8. The number of hydrogen-bond donors (Lipinski definition) is 3. The lowest BCUT2D eigenvalue weighted by atomic mass is 9.86. The van der Waals surface area contributed by atoms with Crippen molar-refractivity contribution in [3.8, 4) is 11.5 Å². The lowest BCUT2D eigenvalue weighted by Gasteiger charge is -2.46. The fourth-order valence-corrected chi connectivity index (χ4v) is 11.4. The van der Waals surface area contributed by atoms with E-state index >= 15 is 0 Å². The van der Waals surface area contributed by atoms with Crippen LogP contribution in [-0.4, -0.2) is 74.1 Å². The fourth-order valence-electron chi connectivity index (χ4n) is 7.85. The molecule has 10 nitrogen and oxygen atoms in total. The highest BCUT2D eigenvalue weighted by Crippen LogP contribution is 2.48.